The van der Waals surface area contributed by atoms with Crippen LogP contribution in [-0.4, -0.2) is 86.7 Å². The van der Waals surface area contributed by atoms with Gasteiger partial charge >= 0.3 is 12.4 Å². The summed E-state index contributed by atoms with van der Waals surface area (Å²) in [5, 5.41) is 12.6. The van der Waals surface area contributed by atoms with Gasteiger partial charge in [0, 0.05) is 66.0 Å². The van der Waals surface area contributed by atoms with E-state index < -0.39 is 29.6 Å². The molecule has 4 aromatic rings. The molecule has 2 saturated carbocycles. The van der Waals surface area contributed by atoms with E-state index in [-0.39, 0.29) is 37.7 Å². The highest BCUT2D eigenvalue weighted by Gasteiger charge is 2.47. The van der Waals surface area contributed by atoms with Gasteiger partial charge in [-0.2, -0.15) is 26.3 Å². The highest BCUT2D eigenvalue weighted by atomic mass is 35.5. The van der Waals surface area contributed by atoms with E-state index >= 15 is 0 Å². The normalized spacial score (nSPS) is 21.4. The zero-order valence-electron chi connectivity index (χ0n) is 36.9. The number of aliphatic hydroxyl groups excluding tert-OH is 1. The first kappa shape index (κ1) is 54.4. The second kappa shape index (κ2) is 23.9. The first-order valence-electron chi connectivity index (χ1n) is 22.8. The van der Waals surface area contributed by atoms with Crippen LogP contribution in [0, 0.1) is 11.8 Å². The molecule has 1 N–H and O–H groups in total. The summed E-state index contributed by atoms with van der Waals surface area (Å²) in [6, 6.07) is 25.8. The Hall–Kier alpha value is -3.52. The van der Waals surface area contributed by atoms with E-state index in [1.54, 1.807) is 7.11 Å². The summed E-state index contributed by atoms with van der Waals surface area (Å²) >= 11 is 12.2. The Kier molecular flexibility index (Phi) is 19.4. The monoisotopic (exact) mass is 980 g/mol. The molecule has 4 aliphatic rings. The number of piperidine rings is 2. The number of alkyl halides is 6. The number of hydrogen-bond donors (Lipinski definition) is 1. The van der Waals surface area contributed by atoms with E-state index in [4.69, 9.17) is 37.4 Å². The fourth-order valence-corrected chi connectivity index (χ4v) is 10.5. The molecule has 4 atom stereocenters. The fourth-order valence-electron chi connectivity index (χ4n) is 10.2. The van der Waals surface area contributed by atoms with Crippen LogP contribution in [0.25, 0.3) is 0 Å². The van der Waals surface area contributed by atoms with Gasteiger partial charge in [0.1, 0.15) is 11.5 Å². The van der Waals surface area contributed by atoms with Crippen LogP contribution in [-0.2, 0) is 27.9 Å². The third kappa shape index (κ3) is 13.8. The lowest BCUT2D eigenvalue weighted by Crippen LogP contribution is -2.53. The summed E-state index contributed by atoms with van der Waals surface area (Å²) in [5.41, 5.74) is 0.948. The quantitative estimate of drug-likeness (QED) is 0.120. The number of benzene rings is 4. The molecule has 0 radical (unpaired) electrons. The number of ether oxygens (including phenoxy) is 3. The Bertz CT molecular complexity index is 2080. The van der Waals surface area contributed by atoms with Gasteiger partial charge in [0.25, 0.3) is 0 Å². The number of aliphatic hydroxyl groups is 1. The third-order valence-corrected chi connectivity index (χ3v) is 14.8. The number of nitrogens with zero attached hydrogens (tertiary/aromatic N) is 2. The number of hydrogen-bond acceptors (Lipinski definition) is 6. The molecule has 4 fully saturated rings. The van der Waals surface area contributed by atoms with E-state index in [0.717, 1.165) is 125 Å². The lowest BCUT2D eigenvalue weighted by Gasteiger charge is -2.49. The average Bonchev–Trinajstić information content (AvgIpc) is 3.25. The van der Waals surface area contributed by atoms with Crippen molar-refractivity contribution >= 4 is 23.2 Å². The first-order valence-corrected chi connectivity index (χ1v) is 23.6. The topological polar surface area (TPSA) is 54.4 Å². The highest BCUT2D eigenvalue weighted by molar-refractivity contribution is 6.30. The molecule has 0 amide bonds. The fraction of sp³-hybridized carbons (Fsp3) is 0.547. The van der Waals surface area contributed by atoms with E-state index in [2.05, 4.69) is 21.9 Å². The van der Waals surface area contributed by atoms with Gasteiger partial charge in [-0.25, -0.2) is 0 Å². The minimum absolute atomic E-state index is 0. The summed E-state index contributed by atoms with van der Waals surface area (Å²) in [5.74, 6) is 1.55. The molecular weight excluding hydrogens is 913 g/mol. The molecule has 6 nitrogen and oxygen atoms in total. The number of halogens is 8. The molecule has 2 saturated heterocycles. The van der Waals surface area contributed by atoms with Crippen molar-refractivity contribution in [3.63, 3.8) is 0 Å². The van der Waals surface area contributed by atoms with E-state index in [0.29, 0.717) is 42.2 Å². The zero-order valence-corrected chi connectivity index (χ0v) is 38.4. The number of β-amino-alcohol motifs (C(OH)–C–C–N with tert-alkyl or cyclic N) is 1. The van der Waals surface area contributed by atoms with Gasteiger partial charge in [-0.05, 0) is 148 Å². The van der Waals surface area contributed by atoms with Gasteiger partial charge in [0.05, 0.1) is 36.5 Å². The van der Waals surface area contributed by atoms with Gasteiger partial charge < -0.3 is 29.1 Å². The smallest absolute Gasteiger partial charge is 0.416 e. The first-order chi connectivity index (χ1) is 31.1. The van der Waals surface area contributed by atoms with Crippen molar-refractivity contribution in [2.75, 3.05) is 59.6 Å². The number of likely N-dealkylation sites (tertiary alicyclic amines) is 2. The maximum Gasteiger partial charge on any atom is 0.416 e. The van der Waals surface area contributed by atoms with E-state index in [1.165, 1.54) is 36.2 Å². The third-order valence-electron chi connectivity index (χ3n) is 14.3. The summed E-state index contributed by atoms with van der Waals surface area (Å²) in [4.78, 5) is 4.75. The van der Waals surface area contributed by atoms with Crippen molar-refractivity contribution in [2.24, 2.45) is 11.8 Å². The Morgan fingerprint density at radius 1 is 0.582 bits per heavy atom. The van der Waals surface area contributed by atoms with Crippen LogP contribution in [0.1, 0.15) is 101 Å². The van der Waals surface area contributed by atoms with Crippen LogP contribution in [0.5, 0.6) is 11.5 Å². The lowest BCUT2D eigenvalue weighted by molar-refractivity contribution is -0.138. The minimum Gasteiger partial charge on any atom is -0.493 e. The lowest BCUT2D eigenvalue weighted by atomic mass is 9.61. The maximum absolute atomic E-state index is 12.7. The van der Waals surface area contributed by atoms with Gasteiger partial charge in [-0.15, -0.1) is 0 Å². The molecule has 370 valence electrons. The van der Waals surface area contributed by atoms with Crippen molar-refractivity contribution in [3.8, 4) is 11.5 Å². The molecule has 0 bridgehead atoms. The van der Waals surface area contributed by atoms with Crippen molar-refractivity contribution in [1.82, 2.24) is 9.80 Å². The number of methoxy groups -OCH3 is 1. The minimum atomic E-state index is -4.34. The summed E-state index contributed by atoms with van der Waals surface area (Å²) < 4.78 is 94.0. The Morgan fingerprint density at radius 2 is 0.970 bits per heavy atom. The largest absolute Gasteiger partial charge is 0.493 e. The Labute approximate surface area is 403 Å². The van der Waals surface area contributed by atoms with Crippen molar-refractivity contribution in [1.29, 1.82) is 0 Å². The SMILES string of the molecule is C.C.CO[C@@H](CN1CCC[C@H](COc2ccc(C(F)(F)F)cc2)C1)C1(c2ccc(Cl)cc2)CCC1.O[C@@H](CN1CCC[C@H](COc2ccc(C(F)(F)F)cc2)C1)C1(c2ccc(Cl)cc2)CCC1. The second-order valence-electron chi connectivity index (χ2n) is 18.5. The summed E-state index contributed by atoms with van der Waals surface area (Å²) in [7, 11) is 1.80. The molecule has 2 aliphatic heterocycles. The maximum atomic E-state index is 12.7. The van der Waals surface area contributed by atoms with Crippen molar-refractivity contribution < 1.29 is 45.7 Å². The highest BCUT2D eigenvalue weighted by Crippen LogP contribution is 2.49. The van der Waals surface area contributed by atoms with Crippen molar-refractivity contribution in [3.05, 3.63) is 129 Å². The molecule has 4 aromatic carbocycles. The average molecular weight is 982 g/mol. The zero-order chi connectivity index (χ0) is 46.2. The van der Waals surface area contributed by atoms with Crippen LogP contribution in [0.3, 0.4) is 0 Å². The van der Waals surface area contributed by atoms with Crippen LogP contribution in [0.4, 0.5) is 26.3 Å². The second-order valence-corrected chi connectivity index (χ2v) is 19.3. The Balaban J connectivity index is 0.000000244. The van der Waals surface area contributed by atoms with Gasteiger partial charge in [-0.1, -0.05) is 75.2 Å². The van der Waals surface area contributed by atoms with Gasteiger partial charge in [-0.3, -0.25) is 0 Å². The van der Waals surface area contributed by atoms with Crippen LogP contribution >= 0.6 is 23.2 Å². The molecule has 0 spiro atoms. The number of rotatable bonds is 15. The molecule has 67 heavy (non-hydrogen) atoms. The van der Waals surface area contributed by atoms with Crippen molar-refractivity contribution in [2.45, 2.75) is 114 Å². The Morgan fingerprint density at radius 3 is 1.33 bits per heavy atom. The van der Waals surface area contributed by atoms with Crippen LogP contribution < -0.4 is 9.47 Å². The molecule has 0 unspecified atom stereocenters. The predicted octanol–water partition coefficient (Wildman–Crippen LogP) is 13.8. The van der Waals surface area contributed by atoms with Gasteiger partial charge in [0.15, 0.2) is 0 Å². The predicted molar refractivity (Wildman–Crippen MR) is 256 cm³/mol. The van der Waals surface area contributed by atoms with Crippen LogP contribution in [0.2, 0.25) is 10.0 Å². The molecular formula is C53H68Cl2F6N2O4. The molecule has 14 heteroatoms. The standard InChI is InChI=1S/C26H31ClF3NO2.C25H29ClF3NO2.2CH4/c1-32-24(25(13-3-14-25)20-5-9-22(27)10-6-20)17-31-15-2-4-19(16-31)18-33-23-11-7-21(8-12-23)26(28,29)30;26-21-8-4-19(5-9-21)24(12-2-13-24)23(31)16-30-14-1-3-18(15-30)17-32-22-10-6-20(7-11-22)25(27,28)29;;/h5-12,19,24H,2-4,13-18H2,1H3;4-11,18,23,31H,1-3,12-17H2;2*1H4/t19-,24-;18-,23-;;/m00../s1. The molecule has 2 heterocycles. The van der Waals surface area contributed by atoms with E-state index in [1.807, 2.05) is 36.4 Å². The molecule has 2 aliphatic carbocycles. The molecule has 8 rings (SSSR count). The molecule has 0 aromatic heterocycles. The summed E-state index contributed by atoms with van der Waals surface area (Å²) in [6.07, 6.45) is 1.62. The summed E-state index contributed by atoms with van der Waals surface area (Å²) in [6.45, 7) is 6.10. The van der Waals surface area contributed by atoms with Crippen LogP contribution in [0.15, 0.2) is 97.1 Å². The van der Waals surface area contributed by atoms with E-state index in [9.17, 15) is 31.4 Å². The van der Waals surface area contributed by atoms with Gasteiger partial charge in [0.2, 0.25) is 0 Å².